The van der Waals surface area contributed by atoms with Gasteiger partial charge in [-0.1, -0.05) is 38.1 Å². The van der Waals surface area contributed by atoms with Gasteiger partial charge in [0.2, 0.25) is 0 Å². The van der Waals surface area contributed by atoms with Crippen LogP contribution in [0, 0.1) is 5.92 Å². The molecule has 1 fully saturated rings. The number of likely N-dealkylation sites (tertiary alicyclic amines) is 1. The molecule has 0 bridgehead atoms. The highest BCUT2D eigenvalue weighted by atomic mass is 15.2. The molecule has 1 aliphatic carbocycles. The summed E-state index contributed by atoms with van der Waals surface area (Å²) in [4.78, 5) is 2.77. The highest BCUT2D eigenvalue weighted by Crippen LogP contribution is 2.27. The molecule has 2 nitrogen and oxygen atoms in total. The Morgan fingerprint density at radius 3 is 2.76 bits per heavy atom. The molecule has 0 radical (unpaired) electrons. The molecular formula is C19H30N2. The standard InChI is InChI=1S/C19H30N2/c1-3-11-20-19-10-12-21(14-15(19)2)18-9-8-16-6-4-5-7-17(16)13-18/h4-7,15,18-20H,3,8-14H2,1-2H3. The number of nitrogens with zero attached hydrogens (tertiary/aromatic N) is 1. The van der Waals surface area contributed by atoms with Gasteiger partial charge in [0, 0.05) is 18.6 Å². The van der Waals surface area contributed by atoms with Gasteiger partial charge in [0.1, 0.15) is 0 Å². The van der Waals surface area contributed by atoms with Crippen LogP contribution < -0.4 is 5.32 Å². The van der Waals surface area contributed by atoms with Crippen LogP contribution in [0.1, 0.15) is 44.2 Å². The molecule has 3 unspecified atom stereocenters. The maximum absolute atomic E-state index is 3.73. The molecule has 21 heavy (non-hydrogen) atoms. The number of hydrogen-bond acceptors (Lipinski definition) is 2. The average Bonchev–Trinajstić information content (AvgIpc) is 2.53. The van der Waals surface area contributed by atoms with E-state index in [9.17, 15) is 0 Å². The zero-order valence-corrected chi connectivity index (χ0v) is 13.6. The second-order valence-electron chi connectivity index (χ2n) is 6.99. The second-order valence-corrected chi connectivity index (χ2v) is 6.99. The molecule has 0 amide bonds. The van der Waals surface area contributed by atoms with Crippen molar-refractivity contribution >= 4 is 0 Å². The molecule has 1 aliphatic heterocycles. The first-order valence-corrected chi connectivity index (χ1v) is 8.82. The van der Waals surface area contributed by atoms with Gasteiger partial charge < -0.3 is 5.32 Å². The Balaban J connectivity index is 1.57. The SMILES string of the molecule is CCCNC1CCN(C2CCc3ccccc3C2)CC1C. The van der Waals surface area contributed by atoms with E-state index in [0.29, 0.717) is 0 Å². The first-order valence-electron chi connectivity index (χ1n) is 8.82. The number of benzene rings is 1. The van der Waals surface area contributed by atoms with Crippen molar-refractivity contribution in [3.8, 4) is 0 Å². The van der Waals surface area contributed by atoms with Crippen LogP contribution in [0.25, 0.3) is 0 Å². The Kier molecular flexibility index (Phi) is 4.97. The molecule has 1 saturated heterocycles. The quantitative estimate of drug-likeness (QED) is 0.914. The minimum absolute atomic E-state index is 0.733. The van der Waals surface area contributed by atoms with Crippen LogP contribution in [0.2, 0.25) is 0 Å². The summed E-state index contributed by atoms with van der Waals surface area (Å²) in [6, 6.07) is 10.5. The van der Waals surface area contributed by atoms with Gasteiger partial charge in [-0.05, 0) is 62.2 Å². The summed E-state index contributed by atoms with van der Waals surface area (Å²) in [5, 5.41) is 3.73. The van der Waals surface area contributed by atoms with E-state index in [0.717, 1.165) is 18.0 Å². The van der Waals surface area contributed by atoms with Crippen molar-refractivity contribution < 1.29 is 0 Å². The van der Waals surface area contributed by atoms with Crippen LogP contribution in [-0.4, -0.2) is 36.6 Å². The molecule has 1 heterocycles. The highest BCUT2D eigenvalue weighted by molar-refractivity contribution is 5.30. The van der Waals surface area contributed by atoms with Crippen molar-refractivity contribution in [3.63, 3.8) is 0 Å². The van der Waals surface area contributed by atoms with Crippen molar-refractivity contribution in [3.05, 3.63) is 35.4 Å². The van der Waals surface area contributed by atoms with E-state index in [4.69, 9.17) is 0 Å². The Morgan fingerprint density at radius 2 is 2.00 bits per heavy atom. The molecular weight excluding hydrogens is 256 g/mol. The third kappa shape index (κ3) is 3.49. The number of aryl methyl sites for hydroxylation is 1. The van der Waals surface area contributed by atoms with E-state index in [1.165, 1.54) is 51.7 Å². The van der Waals surface area contributed by atoms with Gasteiger partial charge in [-0.3, -0.25) is 4.90 Å². The van der Waals surface area contributed by atoms with Crippen LogP contribution in [-0.2, 0) is 12.8 Å². The Morgan fingerprint density at radius 1 is 1.19 bits per heavy atom. The van der Waals surface area contributed by atoms with Gasteiger partial charge in [0.25, 0.3) is 0 Å². The van der Waals surface area contributed by atoms with Gasteiger partial charge in [0.05, 0.1) is 0 Å². The van der Waals surface area contributed by atoms with Crippen LogP contribution in [0.4, 0.5) is 0 Å². The Bertz CT molecular complexity index is 457. The van der Waals surface area contributed by atoms with E-state index >= 15 is 0 Å². The largest absolute Gasteiger partial charge is 0.314 e. The molecule has 1 N–H and O–H groups in total. The topological polar surface area (TPSA) is 15.3 Å². The molecule has 1 aromatic carbocycles. The lowest BCUT2D eigenvalue weighted by molar-refractivity contribution is 0.0960. The van der Waals surface area contributed by atoms with Crippen LogP contribution in [0.5, 0.6) is 0 Å². The predicted octanol–water partition coefficient (Wildman–Crippen LogP) is 3.25. The van der Waals surface area contributed by atoms with Gasteiger partial charge in [0.15, 0.2) is 0 Å². The molecule has 0 saturated carbocycles. The highest BCUT2D eigenvalue weighted by Gasteiger charge is 2.31. The third-order valence-electron chi connectivity index (χ3n) is 5.43. The van der Waals surface area contributed by atoms with Gasteiger partial charge in [-0.25, -0.2) is 0 Å². The Labute approximate surface area is 129 Å². The van der Waals surface area contributed by atoms with Crippen LogP contribution >= 0.6 is 0 Å². The number of nitrogens with one attached hydrogen (secondary N) is 1. The molecule has 1 aromatic rings. The molecule has 116 valence electrons. The summed E-state index contributed by atoms with van der Waals surface area (Å²) in [6.07, 6.45) is 6.43. The van der Waals surface area contributed by atoms with Crippen LogP contribution in [0.15, 0.2) is 24.3 Å². The van der Waals surface area contributed by atoms with E-state index < -0.39 is 0 Å². The molecule has 2 aliphatic rings. The summed E-state index contributed by atoms with van der Waals surface area (Å²) in [5.74, 6) is 0.780. The first-order chi connectivity index (χ1) is 10.3. The lowest BCUT2D eigenvalue weighted by atomic mass is 9.85. The van der Waals surface area contributed by atoms with E-state index in [-0.39, 0.29) is 0 Å². The van der Waals surface area contributed by atoms with Gasteiger partial charge in [-0.2, -0.15) is 0 Å². The second kappa shape index (κ2) is 6.93. The minimum Gasteiger partial charge on any atom is -0.314 e. The van der Waals surface area contributed by atoms with E-state index in [1.54, 1.807) is 11.1 Å². The summed E-state index contributed by atoms with van der Waals surface area (Å²) in [5.41, 5.74) is 3.17. The predicted molar refractivity (Wildman–Crippen MR) is 89.7 cm³/mol. The maximum atomic E-state index is 3.73. The van der Waals surface area contributed by atoms with Crippen molar-refractivity contribution in [2.24, 2.45) is 5.92 Å². The molecule has 3 rings (SSSR count). The Hall–Kier alpha value is -0.860. The number of rotatable bonds is 4. The van der Waals surface area contributed by atoms with Crippen molar-refractivity contribution in [2.75, 3.05) is 19.6 Å². The van der Waals surface area contributed by atoms with Crippen LogP contribution in [0.3, 0.4) is 0 Å². The lowest BCUT2D eigenvalue weighted by Gasteiger charge is -2.43. The van der Waals surface area contributed by atoms with Gasteiger partial charge >= 0.3 is 0 Å². The number of fused-ring (bicyclic) bond motifs is 1. The minimum atomic E-state index is 0.733. The molecule has 0 aromatic heterocycles. The average molecular weight is 286 g/mol. The monoisotopic (exact) mass is 286 g/mol. The van der Waals surface area contributed by atoms with E-state index in [2.05, 4.69) is 48.3 Å². The third-order valence-corrected chi connectivity index (χ3v) is 5.43. The number of hydrogen-bond donors (Lipinski definition) is 1. The summed E-state index contributed by atoms with van der Waals surface area (Å²) >= 11 is 0. The zero-order valence-electron chi connectivity index (χ0n) is 13.6. The molecule has 3 atom stereocenters. The summed E-state index contributed by atoms with van der Waals surface area (Å²) < 4.78 is 0. The normalized spacial score (nSPS) is 30.1. The first kappa shape index (κ1) is 15.1. The maximum Gasteiger partial charge on any atom is 0.0139 e. The number of piperidine rings is 1. The summed E-state index contributed by atoms with van der Waals surface area (Å²) in [7, 11) is 0. The lowest BCUT2D eigenvalue weighted by Crippen LogP contribution is -2.52. The van der Waals surface area contributed by atoms with Crippen molar-refractivity contribution in [1.82, 2.24) is 10.2 Å². The summed E-state index contributed by atoms with van der Waals surface area (Å²) in [6.45, 7) is 8.40. The fraction of sp³-hybridized carbons (Fsp3) is 0.684. The van der Waals surface area contributed by atoms with E-state index in [1.807, 2.05) is 0 Å². The van der Waals surface area contributed by atoms with Gasteiger partial charge in [-0.15, -0.1) is 0 Å². The molecule has 2 heteroatoms. The fourth-order valence-corrected chi connectivity index (χ4v) is 4.13. The van der Waals surface area contributed by atoms with Crippen molar-refractivity contribution in [2.45, 2.75) is 58.0 Å². The fourth-order valence-electron chi connectivity index (χ4n) is 4.13. The van der Waals surface area contributed by atoms with Crippen molar-refractivity contribution in [1.29, 1.82) is 0 Å². The molecule has 0 spiro atoms. The smallest absolute Gasteiger partial charge is 0.0139 e. The zero-order chi connectivity index (χ0) is 14.7.